The summed E-state index contributed by atoms with van der Waals surface area (Å²) in [6.45, 7) is 1.16. The van der Waals surface area contributed by atoms with Crippen molar-refractivity contribution in [2.45, 2.75) is 44.2 Å². The van der Waals surface area contributed by atoms with E-state index >= 15 is 0 Å². The molecule has 1 saturated heterocycles. The van der Waals surface area contributed by atoms with Crippen molar-refractivity contribution in [1.82, 2.24) is 5.32 Å². The quantitative estimate of drug-likeness (QED) is 0.687. The number of carbonyl (C=O) groups excluding carboxylic acids is 1. The maximum atomic E-state index is 10.9. The molecule has 3 unspecified atom stereocenters. The van der Waals surface area contributed by atoms with Crippen LogP contribution in [0.4, 0.5) is 16.2 Å². The zero-order valence-corrected chi connectivity index (χ0v) is 12.3. The van der Waals surface area contributed by atoms with Gasteiger partial charge in [-0.05, 0) is 56.3 Å². The number of carbonyl (C=O) groups is 1. The second-order valence-corrected chi connectivity index (χ2v) is 6.12. The molecule has 21 heavy (non-hydrogen) atoms. The Balaban J connectivity index is 1.66. The molecule has 1 aliphatic heterocycles. The van der Waals surface area contributed by atoms with Crippen LogP contribution in [-0.4, -0.2) is 24.7 Å². The number of hydrogen-bond donors (Lipinski definition) is 4. The molecule has 2 amide bonds. The summed E-state index contributed by atoms with van der Waals surface area (Å²) in [5.74, 6) is 0.709. The van der Waals surface area contributed by atoms with Crippen LogP contribution in [0.15, 0.2) is 24.3 Å². The van der Waals surface area contributed by atoms with Gasteiger partial charge in [-0.15, -0.1) is 0 Å². The van der Waals surface area contributed by atoms with Gasteiger partial charge in [0.1, 0.15) is 0 Å². The van der Waals surface area contributed by atoms with Crippen LogP contribution in [0.2, 0.25) is 0 Å². The topological polar surface area (TPSA) is 79.2 Å². The molecular formula is C16H24N4O. The Morgan fingerprint density at radius 2 is 2.05 bits per heavy atom. The van der Waals surface area contributed by atoms with E-state index in [0.29, 0.717) is 18.0 Å². The van der Waals surface area contributed by atoms with Crippen molar-refractivity contribution in [1.29, 1.82) is 0 Å². The minimum Gasteiger partial charge on any atom is -0.382 e. The number of benzene rings is 1. The molecule has 1 aromatic rings. The molecule has 3 rings (SSSR count). The van der Waals surface area contributed by atoms with Crippen molar-refractivity contribution in [3.8, 4) is 0 Å². The summed E-state index contributed by atoms with van der Waals surface area (Å²) in [6, 6.07) is 8.43. The zero-order valence-electron chi connectivity index (χ0n) is 12.3. The zero-order chi connectivity index (χ0) is 14.7. The molecule has 5 heteroatoms. The molecule has 114 valence electrons. The van der Waals surface area contributed by atoms with Crippen LogP contribution in [0.1, 0.15) is 32.1 Å². The number of urea groups is 1. The molecule has 0 spiro atoms. The molecule has 1 aliphatic carbocycles. The lowest BCUT2D eigenvalue weighted by Gasteiger charge is -2.27. The summed E-state index contributed by atoms with van der Waals surface area (Å²) in [5, 5.41) is 9.91. The average Bonchev–Trinajstić information content (AvgIpc) is 3.08. The van der Waals surface area contributed by atoms with Crippen molar-refractivity contribution in [3.05, 3.63) is 24.3 Å². The highest BCUT2D eigenvalue weighted by molar-refractivity contribution is 5.88. The molecule has 3 atom stereocenters. The first kappa shape index (κ1) is 14.2. The molecule has 0 radical (unpaired) electrons. The Bertz CT molecular complexity index is 499. The lowest BCUT2D eigenvalue weighted by Crippen LogP contribution is -2.38. The van der Waals surface area contributed by atoms with Crippen molar-refractivity contribution in [2.75, 3.05) is 17.2 Å². The fourth-order valence-electron chi connectivity index (χ4n) is 3.77. The van der Waals surface area contributed by atoms with Gasteiger partial charge in [-0.3, -0.25) is 0 Å². The largest absolute Gasteiger partial charge is 0.382 e. The van der Waals surface area contributed by atoms with E-state index in [4.69, 9.17) is 5.73 Å². The van der Waals surface area contributed by atoms with Crippen LogP contribution in [0.3, 0.4) is 0 Å². The first-order valence-corrected chi connectivity index (χ1v) is 7.89. The third-order valence-corrected chi connectivity index (χ3v) is 4.67. The highest BCUT2D eigenvalue weighted by Crippen LogP contribution is 2.34. The molecule has 0 bridgehead atoms. The summed E-state index contributed by atoms with van der Waals surface area (Å²) >= 11 is 0. The van der Waals surface area contributed by atoms with E-state index in [0.717, 1.165) is 17.9 Å². The van der Waals surface area contributed by atoms with Crippen LogP contribution in [0.25, 0.3) is 0 Å². The first-order chi connectivity index (χ1) is 10.2. The molecule has 2 fully saturated rings. The lowest BCUT2D eigenvalue weighted by atomic mass is 9.93. The minimum atomic E-state index is -0.527. The molecule has 1 saturated carbocycles. The molecule has 2 aliphatic rings. The lowest BCUT2D eigenvalue weighted by molar-refractivity contribution is 0.259. The molecule has 5 N–H and O–H groups in total. The van der Waals surface area contributed by atoms with Crippen molar-refractivity contribution >= 4 is 17.4 Å². The second-order valence-electron chi connectivity index (χ2n) is 6.12. The van der Waals surface area contributed by atoms with Crippen LogP contribution < -0.4 is 21.7 Å². The van der Waals surface area contributed by atoms with Gasteiger partial charge in [0, 0.05) is 23.5 Å². The van der Waals surface area contributed by atoms with Gasteiger partial charge in [0.2, 0.25) is 0 Å². The molecule has 1 aromatic carbocycles. The number of nitrogens with one attached hydrogen (secondary N) is 3. The number of anilines is 2. The molecule has 5 nitrogen and oxygen atoms in total. The molecular weight excluding hydrogens is 264 g/mol. The number of amides is 2. The van der Waals surface area contributed by atoms with Crippen LogP contribution in [-0.2, 0) is 0 Å². The van der Waals surface area contributed by atoms with Crippen molar-refractivity contribution in [2.24, 2.45) is 11.7 Å². The third kappa shape index (κ3) is 3.47. The van der Waals surface area contributed by atoms with Gasteiger partial charge >= 0.3 is 6.03 Å². The highest BCUT2D eigenvalue weighted by Gasteiger charge is 2.34. The van der Waals surface area contributed by atoms with Gasteiger partial charge in [0.05, 0.1) is 0 Å². The minimum absolute atomic E-state index is 0.518. The van der Waals surface area contributed by atoms with E-state index in [9.17, 15) is 4.79 Å². The van der Waals surface area contributed by atoms with E-state index in [1.807, 2.05) is 24.3 Å². The second kappa shape index (κ2) is 6.35. The van der Waals surface area contributed by atoms with Gasteiger partial charge in [0.15, 0.2) is 0 Å². The van der Waals surface area contributed by atoms with E-state index in [2.05, 4.69) is 16.0 Å². The van der Waals surface area contributed by atoms with Gasteiger partial charge in [-0.25, -0.2) is 4.79 Å². The van der Waals surface area contributed by atoms with Gasteiger partial charge < -0.3 is 21.7 Å². The predicted octanol–water partition coefficient (Wildman–Crippen LogP) is 2.51. The monoisotopic (exact) mass is 288 g/mol. The number of nitrogens with two attached hydrogens (primary N) is 1. The molecule has 1 heterocycles. The first-order valence-electron chi connectivity index (χ1n) is 7.89. The Morgan fingerprint density at radius 3 is 2.81 bits per heavy atom. The van der Waals surface area contributed by atoms with Crippen LogP contribution in [0, 0.1) is 5.92 Å². The van der Waals surface area contributed by atoms with E-state index in [1.165, 1.54) is 32.1 Å². The number of rotatable bonds is 4. The van der Waals surface area contributed by atoms with E-state index in [1.54, 1.807) is 0 Å². The summed E-state index contributed by atoms with van der Waals surface area (Å²) in [5.41, 5.74) is 6.95. The highest BCUT2D eigenvalue weighted by atomic mass is 16.2. The van der Waals surface area contributed by atoms with Crippen molar-refractivity contribution < 1.29 is 4.79 Å². The summed E-state index contributed by atoms with van der Waals surface area (Å²) in [6.07, 6.45) is 6.41. The molecule has 0 aromatic heterocycles. The summed E-state index contributed by atoms with van der Waals surface area (Å²) < 4.78 is 0. The Kier molecular flexibility index (Phi) is 4.29. The maximum absolute atomic E-state index is 10.9. The van der Waals surface area contributed by atoms with Crippen LogP contribution >= 0.6 is 0 Å². The van der Waals surface area contributed by atoms with Crippen molar-refractivity contribution in [3.63, 3.8) is 0 Å². The fraction of sp³-hybridized carbons (Fsp3) is 0.562. The smallest absolute Gasteiger partial charge is 0.316 e. The van der Waals surface area contributed by atoms with Gasteiger partial charge in [-0.2, -0.15) is 0 Å². The SMILES string of the molecule is NC(=O)Nc1cccc(NC2CCCC2C2CCCN2)c1. The summed E-state index contributed by atoms with van der Waals surface area (Å²) in [4.78, 5) is 10.9. The Morgan fingerprint density at radius 1 is 1.19 bits per heavy atom. The standard InChI is InChI=1S/C16H24N4O/c17-16(21)20-12-5-1-4-11(10-12)19-15-7-2-6-13(15)14-8-3-9-18-14/h1,4-5,10,13-15,18-19H,2-3,6-9H2,(H3,17,20,21). The third-order valence-electron chi connectivity index (χ3n) is 4.67. The van der Waals surface area contributed by atoms with E-state index in [-0.39, 0.29) is 0 Å². The number of primary amides is 1. The van der Waals surface area contributed by atoms with Gasteiger partial charge in [0.25, 0.3) is 0 Å². The van der Waals surface area contributed by atoms with Gasteiger partial charge in [-0.1, -0.05) is 12.5 Å². The Labute approximate surface area is 125 Å². The predicted molar refractivity (Wildman–Crippen MR) is 85.4 cm³/mol. The fourth-order valence-corrected chi connectivity index (χ4v) is 3.77. The normalized spacial score (nSPS) is 28.5. The number of hydrogen-bond acceptors (Lipinski definition) is 3. The summed E-state index contributed by atoms with van der Waals surface area (Å²) in [7, 11) is 0. The maximum Gasteiger partial charge on any atom is 0.316 e. The van der Waals surface area contributed by atoms with Crippen LogP contribution in [0.5, 0.6) is 0 Å². The Hall–Kier alpha value is -1.75. The average molecular weight is 288 g/mol. The van der Waals surface area contributed by atoms with E-state index < -0.39 is 6.03 Å².